The van der Waals surface area contributed by atoms with Gasteiger partial charge in [-0.25, -0.2) is 0 Å². The average molecular weight is 505 g/mol. The van der Waals surface area contributed by atoms with Gasteiger partial charge in [-0.15, -0.1) is 0 Å². The van der Waals surface area contributed by atoms with Crippen molar-refractivity contribution in [1.82, 2.24) is 0 Å². The number of hydrogen-bond donors (Lipinski definition) is 0. The summed E-state index contributed by atoms with van der Waals surface area (Å²) in [4.78, 5) is 12.2. The van der Waals surface area contributed by atoms with Crippen LogP contribution in [0.2, 0.25) is 0 Å². The molecule has 2 heteroatoms. The van der Waals surface area contributed by atoms with E-state index in [0.717, 1.165) is 31.2 Å². The van der Waals surface area contributed by atoms with Gasteiger partial charge in [0.25, 0.3) is 0 Å². The normalized spacial score (nSPS) is 15.0. The summed E-state index contributed by atoms with van der Waals surface area (Å²) in [7, 11) is 0. The van der Waals surface area contributed by atoms with Crippen molar-refractivity contribution in [3.8, 4) is 5.75 Å². The summed E-state index contributed by atoms with van der Waals surface area (Å²) in [6.07, 6.45) is 20.6. The van der Waals surface area contributed by atoms with Crippen LogP contribution in [-0.2, 0) is 23.1 Å². The minimum atomic E-state index is -0.103. The lowest BCUT2D eigenvalue weighted by Crippen LogP contribution is -2.29. The van der Waals surface area contributed by atoms with E-state index >= 15 is 0 Å². The molecule has 0 aliphatic heterocycles. The molecule has 0 radical (unpaired) electrons. The second-order valence-corrected chi connectivity index (χ2v) is 11.7. The summed E-state index contributed by atoms with van der Waals surface area (Å²) in [5.41, 5.74) is 7.27. The van der Waals surface area contributed by atoms with Crippen molar-refractivity contribution >= 4 is 5.97 Å². The van der Waals surface area contributed by atoms with E-state index < -0.39 is 0 Å². The summed E-state index contributed by atoms with van der Waals surface area (Å²) >= 11 is 0. The highest BCUT2D eigenvalue weighted by atomic mass is 16.5. The Morgan fingerprint density at radius 2 is 1.51 bits per heavy atom. The zero-order valence-corrected chi connectivity index (χ0v) is 24.3. The third-order valence-corrected chi connectivity index (χ3v) is 8.66. The number of rotatable bonds is 15. The van der Waals surface area contributed by atoms with E-state index in [1.165, 1.54) is 93.7 Å². The molecular weight excluding hydrogens is 452 g/mol. The van der Waals surface area contributed by atoms with Crippen LogP contribution in [0.1, 0.15) is 138 Å². The lowest BCUT2D eigenvalue weighted by atomic mass is 9.66. The number of ether oxygens (including phenoxy) is 1. The number of unbranched alkanes of at least 4 members (excludes halogenated alkanes) is 6. The molecule has 1 saturated carbocycles. The van der Waals surface area contributed by atoms with Gasteiger partial charge >= 0.3 is 5.97 Å². The zero-order chi connectivity index (χ0) is 26.5. The number of hydrogen-bond acceptors (Lipinski definition) is 2. The van der Waals surface area contributed by atoms with Gasteiger partial charge in [0.15, 0.2) is 0 Å². The minimum Gasteiger partial charge on any atom is -0.426 e. The van der Waals surface area contributed by atoms with Crippen molar-refractivity contribution < 1.29 is 9.53 Å². The Hall–Kier alpha value is -2.09. The SMILES string of the molecule is CCCCCCCC(=O)Oc1ccc(CCc2ccc(C3(CCCCC)CCCCC3)cc2C)cc1C. The van der Waals surface area contributed by atoms with E-state index in [4.69, 9.17) is 4.74 Å². The van der Waals surface area contributed by atoms with Crippen LogP contribution in [0.4, 0.5) is 0 Å². The monoisotopic (exact) mass is 504 g/mol. The predicted octanol–water partition coefficient (Wildman–Crippen LogP) is 10.1. The van der Waals surface area contributed by atoms with Crippen LogP contribution < -0.4 is 4.74 Å². The van der Waals surface area contributed by atoms with Crippen LogP contribution in [0.15, 0.2) is 36.4 Å². The average Bonchev–Trinajstić information content (AvgIpc) is 2.90. The molecule has 0 spiro atoms. The van der Waals surface area contributed by atoms with Gasteiger partial charge in [-0.05, 0) is 91.7 Å². The summed E-state index contributed by atoms with van der Waals surface area (Å²) in [6.45, 7) is 8.87. The number of carbonyl (C=O) groups is 1. The van der Waals surface area contributed by atoms with E-state index in [1.54, 1.807) is 5.56 Å². The molecule has 0 bridgehead atoms. The van der Waals surface area contributed by atoms with Crippen LogP contribution in [0.3, 0.4) is 0 Å². The summed E-state index contributed by atoms with van der Waals surface area (Å²) in [6, 6.07) is 13.7. The third kappa shape index (κ3) is 9.01. The van der Waals surface area contributed by atoms with Crippen LogP contribution >= 0.6 is 0 Å². The zero-order valence-electron chi connectivity index (χ0n) is 24.3. The largest absolute Gasteiger partial charge is 0.426 e. The molecule has 2 nitrogen and oxygen atoms in total. The predicted molar refractivity (Wildman–Crippen MR) is 158 cm³/mol. The Kier molecular flexibility index (Phi) is 12.2. The molecular formula is C35H52O2. The molecule has 2 aromatic carbocycles. The van der Waals surface area contributed by atoms with Crippen molar-refractivity contribution in [1.29, 1.82) is 0 Å². The van der Waals surface area contributed by atoms with Crippen molar-refractivity contribution in [3.05, 3.63) is 64.2 Å². The maximum Gasteiger partial charge on any atom is 0.311 e. The number of aryl methyl sites for hydroxylation is 4. The molecule has 0 saturated heterocycles. The second kappa shape index (κ2) is 15.4. The standard InChI is InChI=1S/C35H52O2/c1-5-7-9-10-12-16-34(36)37-33-22-18-30(26-29(33)4)17-19-31-20-21-32(27-28(31)3)35(23-13-8-6-2)24-14-11-15-25-35/h18,20-22,26-27H,5-17,19,23-25H2,1-4H3. The molecule has 0 N–H and O–H groups in total. The van der Waals surface area contributed by atoms with Crippen LogP contribution in [0.25, 0.3) is 0 Å². The lowest BCUT2D eigenvalue weighted by molar-refractivity contribution is -0.134. The van der Waals surface area contributed by atoms with Crippen molar-refractivity contribution in [2.75, 3.05) is 0 Å². The smallest absolute Gasteiger partial charge is 0.311 e. The molecule has 2 aromatic rings. The molecule has 0 atom stereocenters. The van der Waals surface area contributed by atoms with Gasteiger partial charge in [-0.2, -0.15) is 0 Å². The topological polar surface area (TPSA) is 26.3 Å². The van der Waals surface area contributed by atoms with Crippen molar-refractivity contribution in [2.45, 2.75) is 142 Å². The molecule has 1 aliphatic carbocycles. The van der Waals surface area contributed by atoms with E-state index in [2.05, 4.69) is 58.0 Å². The summed E-state index contributed by atoms with van der Waals surface area (Å²) < 4.78 is 5.66. The molecule has 0 heterocycles. The highest BCUT2D eigenvalue weighted by molar-refractivity contribution is 5.72. The van der Waals surface area contributed by atoms with Crippen LogP contribution in [0.5, 0.6) is 5.75 Å². The highest BCUT2D eigenvalue weighted by Gasteiger charge is 2.33. The van der Waals surface area contributed by atoms with Gasteiger partial charge in [0, 0.05) is 6.42 Å². The van der Waals surface area contributed by atoms with Gasteiger partial charge in [0.2, 0.25) is 0 Å². The lowest BCUT2D eigenvalue weighted by Gasteiger charge is -2.38. The van der Waals surface area contributed by atoms with Gasteiger partial charge in [0.1, 0.15) is 5.75 Å². The fourth-order valence-electron chi connectivity index (χ4n) is 6.24. The summed E-state index contributed by atoms with van der Waals surface area (Å²) in [5, 5.41) is 0. The molecule has 1 fully saturated rings. The van der Waals surface area contributed by atoms with Gasteiger partial charge in [-0.1, -0.05) is 108 Å². The number of benzene rings is 2. The first-order chi connectivity index (χ1) is 18.0. The maximum absolute atomic E-state index is 12.2. The van der Waals surface area contributed by atoms with Gasteiger partial charge < -0.3 is 4.74 Å². The summed E-state index contributed by atoms with van der Waals surface area (Å²) in [5.74, 6) is 0.609. The fourth-order valence-corrected chi connectivity index (χ4v) is 6.24. The Morgan fingerprint density at radius 3 is 2.22 bits per heavy atom. The number of carbonyl (C=O) groups excluding carboxylic acids is 1. The fraction of sp³-hybridized carbons (Fsp3) is 0.629. The molecule has 0 amide bonds. The van der Waals surface area contributed by atoms with E-state index in [0.29, 0.717) is 17.6 Å². The number of esters is 1. The second-order valence-electron chi connectivity index (χ2n) is 11.7. The Bertz CT molecular complexity index is 967. The highest BCUT2D eigenvalue weighted by Crippen LogP contribution is 2.44. The minimum absolute atomic E-state index is 0.103. The van der Waals surface area contributed by atoms with Gasteiger partial charge in [-0.3, -0.25) is 4.79 Å². The first-order valence-corrected chi connectivity index (χ1v) is 15.4. The molecule has 0 unspecified atom stereocenters. The van der Waals surface area contributed by atoms with Gasteiger partial charge in [0.05, 0.1) is 0 Å². The first kappa shape index (κ1) is 29.5. The Morgan fingerprint density at radius 1 is 0.784 bits per heavy atom. The first-order valence-electron chi connectivity index (χ1n) is 15.4. The van der Waals surface area contributed by atoms with Crippen molar-refractivity contribution in [2.24, 2.45) is 0 Å². The van der Waals surface area contributed by atoms with E-state index in [-0.39, 0.29) is 5.97 Å². The third-order valence-electron chi connectivity index (χ3n) is 8.66. The molecule has 204 valence electrons. The van der Waals surface area contributed by atoms with E-state index in [1.807, 2.05) is 6.07 Å². The Labute approximate surface area is 227 Å². The molecule has 3 rings (SSSR count). The molecule has 0 aromatic heterocycles. The van der Waals surface area contributed by atoms with Crippen LogP contribution in [0, 0.1) is 13.8 Å². The quantitative estimate of drug-likeness (QED) is 0.137. The van der Waals surface area contributed by atoms with Crippen LogP contribution in [-0.4, -0.2) is 5.97 Å². The van der Waals surface area contributed by atoms with Crippen molar-refractivity contribution in [3.63, 3.8) is 0 Å². The van der Waals surface area contributed by atoms with E-state index in [9.17, 15) is 4.79 Å². The molecule has 1 aliphatic rings. The maximum atomic E-state index is 12.2. The molecule has 37 heavy (non-hydrogen) atoms. The Balaban J connectivity index is 1.56.